The average molecular weight is 297 g/mol. The van der Waals surface area contributed by atoms with Crippen LogP contribution in [-0.4, -0.2) is 19.1 Å². The highest BCUT2D eigenvalue weighted by molar-refractivity contribution is 6.31. The molecular weight excluding hydrogens is 276 g/mol. The number of hydrogen-bond donors (Lipinski definition) is 2. The maximum atomic E-state index is 12.5. The molecule has 4 nitrogen and oxygen atoms in total. The summed E-state index contributed by atoms with van der Waals surface area (Å²) in [5.74, 6) is 0.608. The van der Waals surface area contributed by atoms with Crippen LogP contribution in [0.4, 0.5) is 5.69 Å². The van der Waals surface area contributed by atoms with Crippen LogP contribution in [0.2, 0.25) is 5.02 Å². The van der Waals surface area contributed by atoms with Gasteiger partial charge in [-0.25, -0.2) is 0 Å². The first-order valence-electron chi connectivity index (χ1n) is 7.05. The Balaban J connectivity index is 2.20. The van der Waals surface area contributed by atoms with Gasteiger partial charge in [-0.05, 0) is 38.0 Å². The van der Waals surface area contributed by atoms with Gasteiger partial charge in [-0.15, -0.1) is 0 Å². The molecule has 0 atom stereocenters. The highest BCUT2D eigenvalue weighted by Gasteiger charge is 2.40. The van der Waals surface area contributed by atoms with Crippen LogP contribution in [0.25, 0.3) is 0 Å². The van der Waals surface area contributed by atoms with E-state index in [0.717, 1.165) is 25.7 Å². The fraction of sp³-hybridized carbons (Fsp3) is 0.533. The summed E-state index contributed by atoms with van der Waals surface area (Å²) in [5.41, 5.74) is 6.01. The van der Waals surface area contributed by atoms with Crippen molar-refractivity contribution in [3.8, 4) is 5.75 Å². The summed E-state index contributed by atoms with van der Waals surface area (Å²) in [6.07, 6.45) is 3.80. The summed E-state index contributed by atoms with van der Waals surface area (Å²) in [6, 6.07) is 5.23. The Bertz CT molecular complexity index is 485. The molecule has 0 bridgehead atoms. The highest BCUT2D eigenvalue weighted by Crippen LogP contribution is 2.39. The van der Waals surface area contributed by atoms with Crippen molar-refractivity contribution in [3.63, 3.8) is 0 Å². The molecule has 110 valence electrons. The van der Waals surface area contributed by atoms with Crippen LogP contribution in [0, 0.1) is 5.41 Å². The number of halogens is 1. The summed E-state index contributed by atoms with van der Waals surface area (Å²) >= 11 is 6.00. The molecule has 0 saturated heterocycles. The number of carbonyl (C=O) groups is 1. The Labute approximate surface area is 124 Å². The summed E-state index contributed by atoms with van der Waals surface area (Å²) in [6.45, 7) is 2.81. The lowest BCUT2D eigenvalue weighted by Gasteiger charge is -2.26. The zero-order valence-corrected chi connectivity index (χ0v) is 12.5. The fourth-order valence-electron chi connectivity index (χ4n) is 2.71. The zero-order valence-electron chi connectivity index (χ0n) is 11.7. The third kappa shape index (κ3) is 3.07. The Hall–Kier alpha value is -1.26. The number of carbonyl (C=O) groups excluding carboxylic acids is 1. The molecule has 0 unspecified atom stereocenters. The minimum Gasteiger partial charge on any atom is -0.492 e. The molecule has 0 heterocycles. The standard InChI is InChI=1S/C15H21ClN2O2/c1-2-20-13-6-5-11(16)9-12(13)18-14(19)15(10-17)7-3-4-8-15/h5-6,9H,2-4,7-8,10,17H2,1H3,(H,18,19). The lowest BCUT2D eigenvalue weighted by molar-refractivity contribution is -0.124. The smallest absolute Gasteiger partial charge is 0.231 e. The number of benzene rings is 1. The van der Waals surface area contributed by atoms with Crippen LogP contribution in [0.5, 0.6) is 5.75 Å². The zero-order chi connectivity index (χ0) is 14.6. The highest BCUT2D eigenvalue weighted by atomic mass is 35.5. The van der Waals surface area contributed by atoms with Gasteiger partial charge < -0.3 is 15.8 Å². The summed E-state index contributed by atoms with van der Waals surface area (Å²) in [5, 5.41) is 3.51. The lowest BCUT2D eigenvalue weighted by atomic mass is 9.85. The Kier molecular flexibility index (Phi) is 4.89. The van der Waals surface area contributed by atoms with E-state index in [1.54, 1.807) is 18.2 Å². The summed E-state index contributed by atoms with van der Waals surface area (Å²) in [7, 11) is 0. The first-order chi connectivity index (χ1) is 9.61. The van der Waals surface area contributed by atoms with Crippen molar-refractivity contribution >= 4 is 23.2 Å². The predicted octanol–water partition coefficient (Wildman–Crippen LogP) is 3.20. The van der Waals surface area contributed by atoms with Crippen molar-refractivity contribution in [1.29, 1.82) is 0 Å². The molecule has 1 aromatic rings. The molecule has 0 aliphatic heterocycles. The van der Waals surface area contributed by atoms with E-state index in [9.17, 15) is 4.79 Å². The molecule has 20 heavy (non-hydrogen) atoms. The van der Waals surface area contributed by atoms with Gasteiger partial charge in [0, 0.05) is 11.6 Å². The molecule has 5 heteroatoms. The number of ether oxygens (including phenoxy) is 1. The topological polar surface area (TPSA) is 64.3 Å². The average Bonchev–Trinajstić information content (AvgIpc) is 2.92. The second kappa shape index (κ2) is 6.46. The number of anilines is 1. The number of rotatable bonds is 5. The maximum Gasteiger partial charge on any atom is 0.231 e. The number of hydrogen-bond acceptors (Lipinski definition) is 3. The second-order valence-electron chi connectivity index (χ2n) is 5.22. The van der Waals surface area contributed by atoms with Gasteiger partial charge in [0.1, 0.15) is 5.75 Å². The van der Waals surface area contributed by atoms with E-state index in [4.69, 9.17) is 22.1 Å². The summed E-state index contributed by atoms with van der Waals surface area (Å²) in [4.78, 5) is 12.5. The molecular formula is C15H21ClN2O2. The first-order valence-corrected chi connectivity index (χ1v) is 7.43. The SMILES string of the molecule is CCOc1ccc(Cl)cc1NC(=O)C1(CN)CCCC1. The van der Waals surface area contributed by atoms with E-state index < -0.39 is 5.41 Å². The van der Waals surface area contributed by atoms with Crippen LogP contribution >= 0.6 is 11.6 Å². The minimum absolute atomic E-state index is 0.0271. The molecule has 0 radical (unpaired) electrons. The molecule has 1 aromatic carbocycles. The molecule has 0 spiro atoms. The van der Waals surface area contributed by atoms with Crippen LogP contribution in [0.15, 0.2) is 18.2 Å². The van der Waals surface area contributed by atoms with Crippen LogP contribution in [0.1, 0.15) is 32.6 Å². The maximum absolute atomic E-state index is 12.5. The molecule has 3 N–H and O–H groups in total. The molecule has 1 amide bonds. The largest absolute Gasteiger partial charge is 0.492 e. The molecule has 1 saturated carbocycles. The number of amides is 1. The number of nitrogens with one attached hydrogen (secondary N) is 1. The van der Waals surface area contributed by atoms with E-state index >= 15 is 0 Å². The van der Waals surface area contributed by atoms with Crippen molar-refractivity contribution < 1.29 is 9.53 Å². The normalized spacial score (nSPS) is 16.9. The minimum atomic E-state index is -0.439. The van der Waals surface area contributed by atoms with E-state index in [1.807, 2.05) is 6.92 Å². The second-order valence-corrected chi connectivity index (χ2v) is 5.66. The van der Waals surface area contributed by atoms with Crippen molar-refractivity contribution in [2.45, 2.75) is 32.6 Å². The van der Waals surface area contributed by atoms with Crippen molar-refractivity contribution in [3.05, 3.63) is 23.2 Å². The van der Waals surface area contributed by atoms with Crippen LogP contribution in [-0.2, 0) is 4.79 Å². The van der Waals surface area contributed by atoms with Crippen molar-refractivity contribution in [2.75, 3.05) is 18.5 Å². The van der Waals surface area contributed by atoms with Crippen LogP contribution < -0.4 is 15.8 Å². The van der Waals surface area contributed by atoms with E-state index in [0.29, 0.717) is 29.6 Å². The monoisotopic (exact) mass is 296 g/mol. The van der Waals surface area contributed by atoms with Gasteiger partial charge in [0.15, 0.2) is 0 Å². The third-order valence-electron chi connectivity index (χ3n) is 3.92. The van der Waals surface area contributed by atoms with Gasteiger partial charge in [0.2, 0.25) is 5.91 Å². The first kappa shape index (κ1) is 15.1. The Morgan fingerprint density at radius 1 is 1.45 bits per heavy atom. The fourth-order valence-corrected chi connectivity index (χ4v) is 2.88. The quantitative estimate of drug-likeness (QED) is 0.877. The van der Waals surface area contributed by atoms with Gasteiger partial charge in [-0.1, -0.05) is 24.4 Å². The van der Waals surface area contributed by atoms with Crippen LogP contribution in [0.3, 0.4) is 0 Å². The predicted molar refractivity (Wildman–Crippen MR) is 81.2 cm³/mol. The van der Waals surface area contributed by atoms with Gasteiger partial charge in [0.25, 0.3) is 0 Å². The Morgan fingerprint density at radius 3 is 2.75 bits per heavy atom. The van der Waals surface area contributed by atoms with E-state index in [-0.39, 0.29) is 5.91 Å². The van der Waals surface area contributed by atoms with E-state index in [2.05, 4.69) is 5.32 Å². The third-order valence-corrected chi connectivity index (χ3v) is 4.16. The Morgan fingerprint density at radius 2 is 2.15 bits per heavy atom. The number of nitrogens with two attached hydrogens (primary N) is 1. The molecule has 1 fully saturated rings. The van der Waals surface area contributed by atoms with Gasteiger partial charge in [-0.2, -0.15) is 0 Å². The van der Waals surface area contributed by atoms with Gasteiger partial charge in [0.05, 0.1) is 17.7 Å². The van der Waals surface area contributed by atoms with Gasteiger partial charge >= 0.3 is 0 Å². The van der Waals surface area contributed by atoms with Crippen molar-refractivity contribution in [2.24, 2.45) is 11.1 Å². The molecule has 2 rings (SSSR count). The lowest BCUT2D eigenvalue weighted by Crippen LogP contribution is -2.40. The van der Waals surface area contributed by atoms with Crippen molar-refractivity contribution in [1.82, 2.24) is 0 Å². The molecule has 1 aliphatic rings. The molecule has 1 aliphatic carbocycles. The molecule has 0 aromatic heterocycles. The van der Waals surface area contributed by atoms with E-state index in [1.165, 1.54) is 0 Å². The summed E-state index contributed by atoms with van der Waals surface area (Å²) < 4.78 is 5.52. The van der Waals surface area contributed by atoms with Gasteiger partial charge in [-0.3, -0.25) is 4.79 Å².